The summed E-state index contributed by atoms with van der Waals surface area (Å²) in [6.45, 7) is 2.12. The number of rotatable bonds is 2. The third kappa shape index (κ3) is 1.29. The zero-order chi connectivity index (χ0) is 11.6. The molecule has 1 nitrogen and oxygen atoms in total. The zero-order valence-electron chi connectivity index (χ0n) is 10.3. The van der Waals surface area contributed by atoms with Crippen molar-refractivity contribution in [1.82, 2.24) is 0 Å². The standard InChI is InChI=1S/C16H20O/c1-9-4-2-3-5-12(9)16(17)15-13-10-6-7-11(8-10)14(13)15/h2-5,10-11,13-17H,6-8H2,1H3. The van der Waals surface area contributed by atoms with Crippen molar-refractivity contribution in [3.05, 3.63) is 35.4 Å². The van der Waals surface area contributed by atoms with Crippen molar-refractivity contribution in [3.8, 4) is 0 Å². The van der Waals surface area contributed by atoms with E-state index < -0.39 is 0 Å². The van der Waals surface area contributed by atoms with Crippen molar-refractivity contribution in [3.63, 3.8) is 0 Å². The number of hydrogen-bond acceptors (Lipinski definition) is 1. The summed E-state index contributed by atoms with van der Waals surface area (Å²) in [6.07, 6.45) is 4.13. The molecule has 0 heterocycles. The average molecular weight is 228 g/mol. The molecule has 0 radical (unpaired) electrons. The van der Waals surface area contributed by atoms with Gasteiger partial charge in [-0.05, 0) is 66.9 Å². The van der Waals surface area contributed by atoms with Gasteiger partial charge < -0.3 is 5.11 Å². The molecule has 2 bridgehead atoms. The van der Waals surface area contributed by atoms with Crippen molar-refractivity contribution < 1.29 is 5.11 Å². The molecule has 3 aliphatic rings. The van der Waals surface area contributed by atoms with Gasteiger partial charge in [0, 0.05) is 0 Å². The Bertz CT molecular complexity index is 437. The minimum absolute atomic E-state index is 0.199. The van der Waals surface area contributed by atoms with Crippen LogP contribution in [0.3, 0.4) is 0 Å². The summed E-state index contributed by atoms with van der Waals surface area (Å²) in [4.78, 5) is 0. The maximum atomic E-state index is 10.6. The largest absolute Gasteiger partial charge is 0.388 e. The van der Waals surface area contributed by atoms with Crippen LogP contribution < -0.4 is 0 Å². The molecule has 90 valence electrons. The van der Waals surface area contributed by atoms with Gasteiger partial charge in [-0.15, -0.1) is 0 Å². The highest BCUT2D eigenvalue weighted by molar-refractivity contribution is 5.31. The molecule has 17 heavy (non-hydrogen) atoms. The Morgan fingerprint density at radius 1 is 1.12 bits per heavy atom. The fourth-order valence-electron chi connectivity index (χ4n) is 4.94. The van der Waals surface area contributed by atoms with Gasteiger partial charge in [-0.2, -0.15) is 0 Å². The van der Waals surface area contributed by atoms with Gasteiger partial charge in [0.05, 0.1) is 6.10 Å². The van der Waals surface area contributed by atoms with E-state index in [0.717, 1.165) is 23.7 Å². The molecule has 1 N–H and O–H groups in total. The third-order valence-corrected chi connectivity index (χ3v) is 5.67. The SMILES string of the molecule is Cc1ccccc1C(O)C1C2C3CCC(C3)C21. The van der Waals surface area contributed by atoms with E-state index in [-0.39, 0.29) is 6.10 Å². The molecule has 3 fully saturated rings. The average Bonchev–Trinajstić information content (AvgIpc) is 2.77. The summed E-state index contributed by atoms with van der Waals surface area (Å²) in [5.74, 6) is 4.22. The molecule has 3 aliphatic carbocycles. The molecular formula is C16H20O. The summed E-state index contributed by atoms with van der Waals surface area (Å²) >= 11 is 0. The van der Waals surface area contributed by atoms with Gasteiger partial charge in [-0.1, -0.05) is 24.3 Å². The van der Waals surface area contributed by atoms with Gasteiger partial charge in [0.2, 0.25) is 0 Å². The van der Waals surface area contributed by atoms with Crippen LogP contribution in [-0.4, -0.2) is 5.11 Å². The number of fused-ring (bicyclic) bond motifs is 5. The van der Waals surface area contributed by atoms with Crippen LogP contribution in [0.15, 0.2) is 24.3 Å². The molecule has 4 rings (SSSR count). The molecular weight excluding hydrogens is 208 g/mol. The van der Waals surface area contributed by atoms with Crippen LogP contribution >= 0.6 is 0 Å². The normalized spacial score (nSPS) is 43.5. The first-order valence-electron chi connectivity index (χ1n) is 7.01. The lowest BCUT2D eigenvalue weighted by Crippen LogP contribution is -2.09. The number of hydrogen-bond donors (Lipinski definition) is 1. The highest BCUT2D eigenvalue weighted by atomic mass is 16.3. The van der Waals surface area contributed by atoms with Crippen molar-refractivity contribution in [2.75, 3.05) is 0 Å². The molecule has 0 aromatic heterocycles. The van der Waals surface area contributed by atoms with E-state index >= 15 is 0 Å². The predicted octanol–water partition coefficient (Wildman–Crippen LogP) is 3.32. The van der Waals surface area contributed by atoms with Crippen LogP contribution in [0.5, 0.6) is 0 Å². The van der Waals surface area contributed by atoms with Crippen LogP contribution in [0.4, 0.5) is 0 Å². The van der Waals surface area contributed by atoms with E-state index in [4.69, 9.17) is 0 Å². The Labute approximate surface area is 103 Å². The van der Waals surface area contributed by atoms with Gasteiger partial charge in [0.15, 0.2) is 0 Å². The van der Waals surface area contributed by atoms with E-state index in [2.05, 4.69) is 31.2 Å². The second-order valence-corrected chi connectivity index (χ2v) is 6.37. The zero-order valence-corrected chi connectivity index (χ0v) is 10.3. The molecule has 5 unspecified atom stereocenters. The van der Waals surface area contributed by atoms with E-state index in [0.29, 0.717) is 5.92 Å². The molecule has 3 saturated carbocycles. The number of aryl methyl sites for hydroxylation is 1. The molecule has 1 aromatic rings. The molecule has 0 aliphatic heterocycles. The van der Waals surface area contributed by atoms with Crippen molar-refractivity contribution in [1.29, 1.82) is 0 Å². The summed E-state index contributed by atoms with van der Waals surface area (Å²) in [5, 5.41) is 10.6. The van der Waals surface area contributed by atoms with Gasteiger partial charge in [-0.25, -0.2) is 0 Å². The Hall–Kier alpha value is -0.820. The quantitative estimate of drug-likeness (QED) is 0.823. The second kappa shape index (κ2) is 3.35. The lowest BCUT2D eigenvalue weighted by atomic mass is 9.93. The highest BCUT2D eigenvalue weighted by Crippen LogP contribution is 2.72. The third-order valence-electron chi connectivity index (χ3n) is 5.67. The van der Waals surface area contributed by atoms with Crippen LogP contribution in [0.1, 0.15) is 36.5 Å². The minimum atomic E-state index is -0.199. The lowest BCUT2D eigenvalue weighted by molar-refractivity contribution is 0.129. The topological polar surface area (TPSA) is 20.2 Å². The monoisotopic (exact) mass is 228 g/mol. The van der Waals surface area contributed by atoms with Crippen LogP contribution in [0, 0.1) is 36.5 Å². The molecule has 1 heteroatoms. The van der Waals surface area contributed by atoms with Crippen LogP contribution in [-0.2, 0) is 0 Å². The van der Waals surface area contributed by atoms with Gasteiger partial charge >= 0.3 is 0 Å². The summed E-state index contributed by atoms with van der Waals surface area (Å²) in [5.41, 5.74) is 2.42. The van der Waals surface area contributed by atoms with Crippen LogP contribution in [0.25, 0.3) is 0 Å². The van der Waals surface area contributed by atoms with E-state index in [1.807, 2.05) is 0 Å². The maximum Gasteiger partial charge on any atom is 0.0826 e. The molecule has 0 amide bonds. The summed E-state index contributed by atoms with van der Waals surface area (Å²) in [6, 6.07) is 8.34. The van der Waals surface area contributed by atoms with E-state index in [1.165, 1.54) is 30.4 Å². The fourth-order valence-corrected chi connectivity index (χ4v) is 4.94. The lowest BCUT2D eigenvalue weighted by Gasteiger charge is -2.17. The smallest absolute Gasteiger partial charge is 0.0826 e. The number of benzene rings is 1. The maximum absolute atomic E-state index is 10.6. The fraction of sp³-hybridized carbons (Fsp3) is 0.625. The van der Waals surface area contributed by atoms with Gasteiger partial charge in [-0.3, -0.25) is 0 Å². The van der Waals surface area contributed by atoms with Crippen molar-refractivity contribution in [2.45, 2.75) is 32.3 Å². The molecule has 0 saturated heterocycles. The Balaban J connectivity index is 1.60. The Morgan fingerprint density at radius 3 is 2.41 bits per heavy atom. The predicted molar refractivity (Wildman–Crippen MR) is 67.4 cm³/mol. The highest BCUT2D eigenvalue weighted by Gasteiger charge is 2.66. The molecule has 1 aromatic carbocycles. The minimum Gasteiger partial charge on any atom is -0.388 e. The second-order valence-electron chi connectivity index (χ2n) is 6.37. The van der Waals surface area contributed by atoms with Gasteiger partial charge in [0.1, 0.15) is 0 Å². The van der Waals surface area contributed by atoms with E-state index in [1.54, 1.807) is 0 Å². The first-order valence-corrected chi connectivity index (χ1v) is 7.01. The Kier molecular flexibility index (Phi) is 2.00. The van der Waals surface area contributed by atoms with Crippen LogP contribution in [0.2, 0.25) is 0 Å². The number of aliphatic hydroxyl groups excluding tert-OH is 1. The number of aliphatic hydroxyl groups is 1. The van der Waals surface area contributed by atoms with Gasteiger partial charge in [0.25, 0.3) is 0 Å². The Morgan fingerprint density at radius 2 is 1.76 bits per heavy atom. The molecule has 0 spiro atoms. The summed E-state index contributed by atoms with van der Waals surface area (Å²) < 4.78 is 0. The van der Waals surface area contributed by atoms with E-state index in [9.17, 15) is 5.11 Å². The molecule has 5 atom stereocenters. The first-order chi connectivity index (χ1) is 8.27. The van der Waals surface area contributed by atoms with Crippen molar-refractivity contribution >= 4 is 0 Å². The van der Waals surface area contributed by atoms with Crippen molar-refractivity contribution in [2.24, 2.45) is 29.6 Å². The first kappa shape index (κ1) is 10.1. The summed E-state index contributed by atoms with van der Waals surface area (Å²) in [7, 11) is 0.